The average Bonchev–Trinajstić information content (AvgIpc) is 2.72. The quantitative estimate of drug-likeness (QED) is 0.400. The van der Waals surface area contributed by atoms with Gasteiger partial charge in [-0.05, 0) is 42.4 Å². The summed E-state index contributed by atoms with van der Waals surface area (Å²) in [6.45, 7) is 6.01. The first-order valence-electron chi connectivity index (χ1n) is 9.93. The summed E-state index contributed by atoms with van der Waals surface area (Å²) in [5.74, 6) is 1.46. The van der Waals surface area contributed by atoms with Crippen LogP contribution < -0.4 is 19.5 Å². The van der Waals surface area contributed by atoms with Crippen LogP contribution in [0.2, 0.25) is 0 Å². The topological polar surface area (TPSA) is 57.2 Å². The monoisotopic (exact) mass is 438 g/mol. The molecule has 5 nitrogen and oxygen atoms in total. The Hall–Kier alpha value is -1.88. The van der Waals surface area contributed by atoms with Crippen molar-refractivity contribution in [3.8, 4) is 17.2 Å². The van der Waals surface area contributed by atoms with Crippen molar-refractivity contribution >= 4 is 13.9 Å². The highest BCUT2D eigenvalue weighted by Crippen LogP contribution is 2.52. The fourth-order valence-electron chi connectivity index (χ4n) is 3.58. The van der Waals surface area contributed by atoms with Gasteiger partial charge in [0.05, 0.1) is 20.3 Å². The van der Waals surface area contributed by atoms with E-state index in [-0.39, 0.29) is 26.3 Å². The molecule has 1 N–H and O–H groups in total. The first kappa shape index (κ1) is 24.4. The lowest BCUT2D eigenvalue weighted by Crippen LogP contribution is -2.23. The maximum absolute atomic E-state index is 13.8. The van der Waals surface area contributed by atoms with E-state index in [1.54, 1.807) is 40.4 Å². The number of ether oxygens (including phenoxy) is 4. The summed E-state index contributed by atoms with van der Waals surface area (Å²) in [5, 5.41) is 10.8. The Balaban J connectivity index is 2.66. The fraction of sp³-hybridized carbons (Fsp3) is 0.478. The SMILES string of the molecule is CCCC(C)(Pc1ccc(F)cc1C(C)O)c1cc(OC)cc(OC)c1OCOC. The predicted octanol–water partition coefficient (Wildman–Crippen LogP) is 4.90. The third kappa shape index (κ3) is 5.63. The number of methoxy groups -OCH3 is 3. The molecule has 0 radical (unpaired) electrons. The van der Waals surface area contributed by atoms with Crippen LogP contribution in [-0.2, 0) is 9.89 Å². The Morgan fingerprint density at radius 1 is 1.13 bits per heavy atom. The van der Waals surface area contributed by atoms with Crippen LogP contribution in [0.5, 0.6) is 17.2 Å². The van der Waals surface area contributed by atoms with Gasteiger partial charge in [0.2, 0.25) is 0 Å². The largest absolute Gasteiger partial charge is 0.497 e. The van der Waals surface area contributed by atoms with E-state index < -0.39 is 6.10 Å². The summed E-state index contributed by atoms with van der Waals surface area (Å²) in [6.07, 6.45) is 1.01. The van der Waals surface area contributed by atoms with Gasteiger partial charge in [-0.2, -0.15) is 0 Å². The minimum Gasteiger partial charge on any atom is -0.497 e. The predicted molar refractivity (Wildman–Crippen MR) is 119 cm³/mol. The average molecular weight is 438 g/mol. The standard InChI is InChI=1S/C23H32FO5P/c1-7-10-23(3,30-21-9-8-16(24)11-18(21)15(2)25)19-12-17(27-5)13-20(28-6)22(19)29-14-26-4/h8-9,11-13,15,25,30H,7,10,14H2,1-6H3. The molecule has 2 aromatic rings. The molecule has 3 atom stereocenters. The summed E-state index contributed by atoms with van der Waals surface area (Å²) in [4.78, 5) is 0. The van der Waals surface area contributed by atoms with Crippen LogP contribution in [0.15, 0.2) is 30.3 Å². The molecule has 7 heteroatoms. The van der Waals surface area contributed by atoms with Crippen molar-refractivity contribution < 1.29 is 28.4 Å². The number of rotatable bonds is 11. The van der Waals surface area contributed by atoms with Gasteiger partial charge in [-0.15, -0.1) is 0 Å². The molecule has 2 aromatic carbocycles. The molecule has 0 aliphatic heterocycles. The van der Waals surface area contributed by atoms with Gasteiger partial charge in [0, 0.05) is 23.9 Å². The number of aliphatic hydroxyl groups excluding tert-OH is 1. The molecule has 0 heterocycles. The minimum absolute atomic E-state index is 0.0798. The Kier molecular flexibility index (Phi) is 8.90. The minimum atomic E-state index is -0.766. The van der Waals surface area contributed by atoms with Crippen LogP contribution in [-0.4, -0.2) is 33.2 Å². The zero-order valence-electron chi connectivity index (χ0n) is 18.5. The van der Waals surface area contributed by atoms with Crippen molar-refractivity contribution in [2.45, 2.75) is 44.9 Å². The van der Waals surface area contributed by atoms with Crippen LogP contribution in [0.25, 0.3) is 0 Å². The van der Waals surface area contributed by atoms with Crippen LogP contribution in [0.1, 0.15) is 50.8 Å². The Morgan fingerprint density at radius 2 is 1.87 bits per heavy atom. The van der Waals surface area contributed by atoms with Gasteiger partial charge in [-0.25, -0.2) is 4.39 Å². The summed E-state index contributed by atoms with van der Waals surface area (Å²) in [5.41, 5.74) is 1.53. The molecule has 166 valence electrons. The maximum Gasteiger partial charge on any atom is 0.188 e. The van der Waals surface area contributed by atoms with Crippen molar-refractivity contribution in [3.05, 3.63) is 47.3 Å². The Bertz CT molecular complexity index is 843. The molecule has 0 aliphatic carbocycles. The molecule has 3 unspecified atom stereocenters. The van der Waals surface area contributed by atoms with Crippen molar-refractivity contribution in [3.63, 3.8) is 0 Å². The molecule has 0 spiro atoms. The summed E-state index contributed by atoms with van der Waals surface area (Å²) in [6, 6.07) is 8.35. The second-order valence-corrected chi connectivity index (χ2v) is 9.26. The van der Waals surface area contributed by atoms with Crippen molar-refractivity contribution in [1.29, 1.82) is 0 Å². The molecular weight excluding hydrogens is 406 g/mol. The lowest BCUT2D eigenvalue weighted by molar-refractivity contribution is 0.0479. The third-order valence-electron chi connectivity index (χ3n) is 5.02. The second kappa shape index (κ2) is 10.9. The first-order valence-corrected chi connectivity index (χ1v) is 10.9. The number of benzene rings is 2. The number of hydrogen-bond donors (Lipinski definition) is 1. The molecule has 0 bridgehead atoms. The fourth-order valence-corrected chi connectivity index (χ4v) is 5.46. The summed E-state index contributed by atoms with van der Waals surface area (Å²) < 4.78 is 36.0. The van der Waals surface area contributed by atoms with Gasteiger partial charge < -0.3 is 24.1 Å². The van der Waals surface area contributed by atoms with Gasteiger partial charge in [-0.1, -0.05) is 34.9 Å². The van der Waals surface area contributed by atoms with E-state index in [0.717, 1.165) is 23.7 Å². The van der Waals surface area contributed by atoms with Gasteiger partial charge in [0.1, 0.15) is 11.6 Å². The van der Waals surface area contributed by atoms with E-state index in [4.69, 9.17) is 18.9 Å². The molecule has 0 fully saturated rings. The first-order chi connectivity index (χ1) is 14.3. The van der Waals surface area contributed by atoms with Crippen LogP contribution in [0.3, 0.4) is 0 Å². The number of hydrogen-bond acceptors (Lipinski definition) is 5. The smallest absolute Gasteiger partial charge is 0.188 e. The normalized spacial score (nSPS) is 14.5. The van der Waals surface area contributed by atoms with E-state index >= 15 is 0 Å². The van der Waals surface area contributed by atoms with Crippen molar-refractivity contribution in [2.24, 2.45) is 0 Å². The van der Waals surface area contributed by atoms with Crippen LogP contribution >= 0.6 is 8.58 Å². The van der Waals surface area contributed by atoms with E-state index in [1.165, 1.54) is 12.1 Å². The highest BCUT2D eigenvalue weighted by atomic mass is 31.1. The third-order valence-corrected chi connectivity index (χ3v) is 6.82. The summed E-state index contributed by atoms with van der Waals surface area (Å²) >= 11 is 0. The molecule has 0 aromatic heterocycles. The van der Waals surface area contributed by atoms with Crippen molar-refractivity contribution in [2.75, 3.05) is 28.1 Å². The molecule has 0 aliphatic rings. The van der Waals surface area contributed by atoms with E-state index in [9.17, 15) is 9.50 Å². The molecule has 0 saturated heterocycles. The maximum atomic E-state index is 13.8. The molecule has 0 amide bonds. The van der Waals surface area contributed by atoms with Gasteiger partial charge >= 0.3 is 0 Å². The number of halogens is 1. The number of aliphatic hydroxyl groups is 1. The van der Waals surface area contributed by atoms with Crippen LogP contribution in [0.4, 0.5) is 4.39 Å². The van der Waals surface area contributed by atoms with Gasteiger partial charge in [0.25, 0.3) is 0 Å². The van der Waals surface area contributed by atoms with Crippen LogP contribution in [0, 0.1) is 5.82 Å². The Labute approximate surface area is 180 Å². The second-order valence-electron chi connectivity index (χ2n) is 7.37. The van der Waals surface area contributed by atoms with Crippen molar-refractivity contribution in [1.82, 2.24) is 0 Å². The molecule has 0 saturated carbocycles. The van der Waals surface area contributed by atoms with E-state index in [2.05, 4.69) is 13.8 Å². The lowest BCUT2D eigenvalue weighted by atomic mass is 9.93. The van der Waals surface area contributed by atoms with Gasteiger partial charge in [-0.3, -0.25) is 0 Å². The lowest BCUT2D eigenvalue weighted by Gasteiger charge is -2.33. The molecular formula is C23H32FO5P. The highest BCUT2D eigenvalue weighted by Gasteiger charge is 2.33. The van der Waals surface area contributed by atoms with Gasteiger partial charge in [0.15, 0.2) is 18.3 Å². The molecule has 30 heavy (non-hydrogen) atoms. The summed E-state index contributed by atoms with van der Waals surface area (Å²) in [7, 11) is 5.02. The molecule has 2 rings (SSSR count). The van der Waals surface area contributed by atoms with E-state index in [1.807, 2.05) is 6.07 Å². The Morgan fingerprint density at radius 3 is 2.43 bits per heavy atom. The zero-order valence-corrected chi connectivity index (χ0v) is 19.5. The highest BCUT2D eigenvalue weighted by molar-refractivity contribution is 7.48. The van der Waals surface area contributed by atoms with E-state index in [0.29, 0.717) is 22.8 Å². The zero-order chi connectivity index (χ0) is 22.3.